The molecular formula is C17H26N2O. The Hall–Kier alpha value is -1.35. The minimum atomic E-state index is 0.155. The average Bonchev–Trinajstić information content (AvgIpc) is 2.49. The molecule has 0 aromatic heterocycles. The maximum Gasteiger partial charge on any atom is 0.227 e. The molecule has 0 heterocycles. The first-order chi connectivity index (χ1) is 9.65. The first kappa shape index (κ1) is 15.0. The summed E-state index contributed by atoms with van der Waals surface area (Å²) in [6.07, 6.45) is 5.06. The number of carbonyl (C=O) groups is 1. The molecule has 1 fully saturated rings. The van der Waals surface area contributed by atoms with Crippen molar-refractivity contribution in [2.45, 2.75) is 46.0 Å². The van der Waals surface area contributed by atoms with Gasteiger partial charge in [-0.2, -0.15) is 0 Å². The molecule has 1 aliphatic rings. The van der Waals surface area contributed by atoms with E-state index in [4.69, 9.17) is 5.73 Å². The van der Waals surface area contributed by atoms with E-state index in [1.165, 1.54) is 5.56 Å². The van der Waals surface area contributed by atoms with Crippen molar-refractivity contribution in [3.63, 3.8) is 0 Å². The van der Waals surface area contributed by atoms with E-state index in [1.807, 2.05) is 0 Å². The quantitative estimate of drug-likeness (QED) is 0.885. The van der Waals surface area contributed by atoms with Gasteiger partial charge in [0.05, 0.1) is 0 Å². The van der Waals surface area contributed by atoms with Gasteiger partial charge in [0.25, 0.3) is 0 Å². The number of nitrogens with one attached hydrogen (secondary N) is 1. The van der Waals surface area contributed by atoms with E-state index in [2.05, 4.69) is 37.4 Å². The van der Waals surface area contributed by atoms with Crippen LogP contribution in [0.15, 0.2) is 18.2 Å². The van der Waals surface area contributed by atoms with Crippen LogP contribution in [0, 0.1) is 18.8 Å². The molecule has 1 aliphatic carbocycles. The fourth-order valence-corrected chi connectivity index (χ4v) is 3.09. The molecule has 0 saturated heterocycles. The number of para-hydroxylation sites is 1. The summed E-state index contributed by atoms with van der Waals surface area (Å²) in [4.78, 5) is 12.4. The molecule has 110 valence electrons. The van der Waals surface area contributed by atoms with Gasteiger partial charge in [0.2, 0.25) is 5.91 Å². The van der Waals surface area contributed by atoms with Crippen LogP contribution in [0.3, 0.4) is 0 Å². The molecule has 0 radical (unpaired) electrons. The number of hydrogen-bond donors (Lipinski definition) is 2. The lowest BCUT2D eigenvalue weighted by Crippen LogP contribution is -2.29. The first-order valence-corrected chi connectivity index (χ1v) is 7.75. The van der Waals surface area contributed by atoms with Gasteiger partial charge in [-0.15, -0.1) is 0 Å². The zero-order valence-corrected chi connectivity index (χ0v) is 12.6. The highest BCUT2D eigenvalue weighted by atomic mass is 16.1. The zero-order chi connectivity index (χ0) is 14.5. The second-order valence-corrected chi connectivity index (χ2v) is 5.91. The maximum absolute atomic E-state index is 12.4. The normalized spacial score (nSPS) is 22.6. The standard InChI is InChI=1S/C17H26N2O/c1-3-14-6-4-5-12(2)16(14)19-17(20)15-9-7-13(11-18)8-10-15/h4-6,13,15H,3,7-11,18H2,1-2H3,(H,19,20). The molecule has 1 aromatic carbocycles. The summed E-state index contributed by atoms with van der Waals surface area (Å²) >= 11 is 0. The van der Waals surface area contributed by atoms with E-state index >= 15 is 0 Å². The molecule has 3 heteroatoms. The van der Waals surface area contributed by atoms with E-state index in [9.17, 15) is 4.79 Å². The molecule has 3 N–H and O–H groups in total. The van der Waals surface area contributed by atoms with Crippen LogP contribution in [0.5, 0.6) is 0 Å². The number of anilines is 1. The second-order valence-electron chi connectivity index (χ2n) is 5.91. The largest absolute Gasteiger partial charge is 0.330 e. The lowest BCUT2D eigenvalue weighted by molar-refractivity contribution is -0.121. The summed E-state index contributed by atoms with van der Waals surface area (Å²) in [6, 6.07) is 6.20. The van der Waals surface area contributed by atoms with Gasteiger partial charge in [-0.05, 0) is 62.6 Å². The van der Waals surface area contributed by atoms with Crippen LogP contribution in [-0.2, 0) is 11.2 Å². The smallest absolute Gasteiger partial charge is 0.227 e. The maximum atomic E-state index is 12.4. The second kappa shape index (κ2) is 6.89. The Labute approximate surface area is 121 Å². The highest BCUT2D eigenvalue weighted by Crippen LogP contribution is 2.30. The monoisotopic (exact) mass is 274 g/mol. The minimum Gasteiger partial charge on any atom is -0.330 e. The Bertz CT molecular complexity index is 462. The number of nitrogens with two attached hydrogens (primary N) is 1. The SMILES string of the molecule is CCc1cccc(C)c1NC(=O)C1CCC(CN)CC1. The summed E-state index contributed by atoms with van der Waals surface area (Å²) < 4.78 is 0. The minimum absolute atomic E-state index is 0.155. The lowest BCUT2D eigenvalue weighted by atomic mass is 9.81. The van der Waals surface area contributed by atoms with E-state index in [0.717, 1.165) is 49.9 Å². The van der Waals surface area contributed by atoms with E-state index in [0.29, 0.717) is 5.92 Å². The molecule has 3 nitrogen and oxygen atoms in total. The third-order valence-corrected chi connectivity index (χ3v) is 4.54. The van der Waals surface area contributed by atoms with Gasteiger partial charge in [0, 0.05) is 11.6 Å². The molecule has 0 atom stereocenters. The molecule has 1 amide bonds. The summed E-state index contributed by atoms with van der Waals surface area (Å²) in [5.41, 5.74) is 9.08. The highest BCUT2D eigenvalue weighted by Gasteiger charge is 2.26. The number of aryl methyl sites for hydroxylation is 2. The van der Waals surface area contributed by atoms with Gasteiger partial charge in [-0.25, -0.2) is 0 Å². The summed E-state index contributed by atoms with van der Waals surface area (Å²) in [5.74, 6) is 0.954. The number of benzene rings is 1. The molecule has 20 heavy (non-hydrogen) atoms. The molecular weight excluding hydrogens is 248 g/mol. The van der Waals surface area contributed by atoms with Gasteiger partial charge in [-0.1, -0.05) is 25.1 Å². The third-order valence-electron chi connectivity index (χ3n) is 4.54. The van der Waals surface area contributed by atoms with Gasteiger partial charge in [-0.3, -0.25) is 4.79 Å². The Balaban J connectivity index is 2.02. The average molecular weight is 274 g/mol. The van der Waals surface area contributed by atoms with Crippen LogP contribution in [0.25, 0.3) is 0 Å². The van der Waals surface area contributed by atoms with Crippen molar-refractivity contribution in [2.24, 2.45) is 17.6 Å². The van der Waals surface area contributed by atoms with Gasteiger partial charge < -0.3 is 11.1 Å². The number of amides is 1. The van der Waals surface area contributed by atoms with E-state index in [-0.39, 0.29) is 11.8 Å². The fourth-order valence-electron chi connectivity index (χ4n) is 3.09. The Morgan fingerprint density at radius 1 is 1.30 bits per heavy atom. The van der Waals surface area contributed by atoms with Crippen molar-refractivity contribution < 1.29 is 4.79 Å². The van der Waals surface area contributed by atoms with Crippen molar-refractivity contribution in [1.29, 1.82) is 0 Å². The number of hydrogen-bond acceptors (Lipinski definition) is 2. The lowest BCUT2D eigenvalue weighted by Gasteiger charge is -2.27. The van der Waals surface area contributed by atoms with Crippen LogP contribution >= 0.6 is 0 Å². The summed E-state index contributed by atoms with van der Waals surface area (Å²) in [5, 5.41) is 3.16. The predicted octanol–water partition coefficient (Wildman–Crippen LogP) is 3.26. The Morgan fingerprint density at radius 3 is 2.60 bits per heavy atom. The van der Waals surface area contributed by atoms with Gasteiger partial charge >= 0.3 is 0 Å². The van der Waals surface area contributed by atoms with Crippen molar-refractivity contribution >= 4 is 11.6 Å². The molecule has 0 bridgehead atoms. The predicted molar refractivity (Wildman–Crippen MR) is 83.7 cm³/mol. The molecule has 0 spiro atoms. The molecule has 1 aromatic rings. The Morgan fingerprint density at radius 2 is 2.00 bits per heavy atom. The molecule has 0 unspecified atom stereocenters. The molecule has 0 aliphatic heterocycles. The van der Waals surface area contributed by atoms with Crippen molar-refractivity contribution in [3.05, 3.63) is 29.3 Å². The van der Waals surface area contributed by atoms with Crippen LogP contribution in [0.4, 0.5) is 5.69 Å². The fraction of sp³-hybridized carbons (Fsp3) is 0.588. The zero-order valence-electron chi connectivity index (χ0n) is 12.6. The summed E-state index contributed by atoms with van der Waals surface area (Å²) in [6.45, 7) is 4.93. The van der Waals surface area contributed by atoms with Crippen molar-refractivity contribution in [3.8, 4) is 0 Å². The van der Waals surface area contributed by atoms with Crippen molar-refractivity contribution in [2.75, 3.05) is 11.9 Å². The third kappa shape index (κ3) is 3.40. The number of rotatable bonds is 4. The topological polar surface area (TPSA) is 55.1 Å². The molecule has 1 saturated carbocycles. The van der Waals surface area contributed by atoms with Crippen LogP contribution < -0.4 is 11.1 Å². The highest BCUT2D eigenvalue weighted by molar-refractivity contribution is 5.94. The van der Waals surface area contributed by atoms with E-state index in [1.54, 1.807) is 0 Å². The van der Waals surface area contributed by atoms with Gasteiger partial charge in [0.1, 0.15) is 0 Å². The van der Waals surface area contributed by atoms with Crippen molar-refractivity contribution in [1.82, 2.24) is 0 Å². The van der Waals surface area contributed by atoms with E-state index < -0.39 is 0 Å². The summed E-state index contributed by atoms with van der Waals surface area (Å²) in [7, 11) is 0. The van der Waals surface area contributed by atoms with Crippen LogP contribution in [0.1, 0.15) is 43.7 Å². The Kier molecular flexibility index (Phi) is 5.18. The molecule has 2 rings (SSSR count). The first-order valence-electron chi connectivity index (χ1n) is 7.75. The van der Waals surface area contributed by atoms with Crippen LogP contribution in [-0.4, -0.2) is 12.5 Å². The number of carbonyl (C=O) groups excluding carboxylic acids is 1. The van der Waals surface area contributed by atoms with Crippen LogP contribution in [0.2, 0.25) is 0 Å². The van der Waals surface area contributed by atoms with Gasteiger partial charge in [0.15, 0.2) is 0 Å².